The third-order valence-corrected chi connectivity index (χ3v) is 4.89. The van der Waals surface area contributed by atoms with E-state index < -0.39 is 10.8 Å². The number of rotatable bonds is 10. The Labute approximate surface area is 173 Å². The van der Waals surface area contributed by atoms with Gasteiger partial charge in [0.25, 0.3) is 5.91 Å². The van der Waals surface area contributed by atoms with Gasteiger partial charge in [0.2, 0.25) is 0 Å². The van der Waals surface area contributed by atoms with E-state index in [2.05, 4.69) is 12.2 Å². The van der Waals surface area contributed by atoms with E-state index in [4.69, 9.17) is 21.1 Å². The first kappa shape index (κ1) is 22.2. The van der Waals surface area contributed by atoms with Crippen molar-refractivity contribution in [3.8, 4) is 11.5 Å². The van der Waals surface area contributed by atoms with Crippen molar-refractivity contribution in [1.29, 1.82) is 0 Å². The lowest BCUT2D eigenvalue weighted by molar-refractivity contribution is 0.102. The minimum Gasteiger partial charge on any atom is -0.490 e. The lowest BCUT2D eigenvalue weighted by Crippen LogP contribution is -2.13. The van der Waals surface area contributed by atoms with Gasteiger partial charge in [-0.25, -0.2) is 0 Å². The summed E-state index contributed by atoms with van der Waals surface area (Å²) in [5.74, 6) is 1.04. The van der Waals surface area contributed by atoms with Crippen molar-refractivity contribution in [2.45, 2.75) is 32.4 Å². The number of unbranched alkanes of at least 4 members (excludes halogenated alkanes) is 1. The molecule has 2 rings (SSSR count). The molecule has 0 aliphatic carbocycles. The molecule has 2 aromatic carbocycles. The summed E-state index contributed by atoms with van der Waals surface area (Å²) in [4.78, 5) is 12.7. The molecule has 5 nitrogen and oxygen atoms in total. The first-order valence-corrected chi connectivity index (χ1v) is 11.3. The number of hydrogen-bond donors (Lipinski definition) is 1. The van der Waals surface area contributed by atoms with Crippen molar-refractivity contribution >= 4 is 34.0 Å². The molecule has 2 aromatic rings. The van der Waals surface area contributed by atoms with Crippen molar-refractivity contribution in [3.05, 3.63) is 52.5 Å². The molecule has 0 saturated carbocycles. The van der Waals surface area contributed by atoms with Gasteiger partial charge in [-0.1, -0.05) is 37.1 Å². The summed E-state index contributed by atoms with van der Waals surface area (Å²) in [6.45, 7) is 4.91. The van der Waals surface area contributed by atoms with Crippen LogP contribution in [0.15, 0.2) is 36.4 Å². The van der Waals surface area contributed by atoms with E-state index in [1.165, 1.54) is 0 Å². The van der Waals surface area contributed by atoms with Crippen molar-refractivity contribution in [2.24, 2.45) is 0 Å². The van der Waals surface area contributed by atoms with Crippen LogP contribution in [0, 0.1) is 0 Å². The van der Waals surface area contributed by atoms with E-state index >= 15 is 0 Å². The zero-order chi connectivity index (χ0) is 20.5. The quantitative estimate of drug-likeness (QED) is 0.543. The largest absolute Gasteiger partial charge is 0.490 e. The molecule has 0 aromatic heterocycles. The first-order valence-electron chi connectivity index (χ1n) is 9.24. The van der Waals surface area contributed by atoms with Crippen LogP contribution in [0.2, 0.25) is 5.02 Å². The number of amides is 1. The molecule has 7 heteroatoms. The molecule has 0 fully saturated rings. The monoisotopic (exact) mass is 423 g/mol. The minimum atomic E-state index is -0.949. The average molecular weight is 424 g/mol. The molecule has 28 heavy (non-hydrogen) atoms. The second kappa shape index (κ2) is 11.1. The van der Waals surface area contributed by atoms with Crippen LogP contribution < -0.4 is 14.8 Å². The van der Waals surface area contributed by atoms with Gasteiger partial charge in [-0.3, -0.25) is 9.00 Å². The van der Waals surface area contributed by atoms with Crippen molar-refractivity contribution < 1.29 is 18.5 Å². The zero-order valence-electron chi connectivity index (χ0n) is 16.4. The van der Waals surface area contributed by atoms with Crippen LogP contribution in [-0.4, -0.2) is 29.6 Å². The number of benzene rings is 2. The summed E-state index contributed by atoms with van der Waals surface area (Å²) in [5.41, 5.74) is 1.90. The van der Waals surface area contributed by atoms with E-state index in [1.807, 2.05) is 25.1 Å². The van der Waals surface area contributed by atoms with Gasteiger partial charge in [0, 0.05) is 34.1 Å². The second-order valence-electron chi connectivity index (χ2n) is 6.29. The molecule has 1 unspecified atom stereocenters. The fraction of sp³-hybridized carbons (Fsp3) is 0.381. The summed E-state index contributed by atoms with van der Waals surface area (Å²) >= 11 is 6.36. The molecule has 152 valence electrons. The molecule has 0 heterocycles. The molecule has 0 spiro atoms. The Balaban J connectivity index is 2.21. The standard InChI is InChI=1S/C21H26ClNO4S/c1-4-6-10-27-20-18(22)12-16(13-19(20)26-5-2)21(24)23-17-9-7-8-15(11-17)14-28(3)25/h7-9,11-13H,4-6,10,14H2,1-3H3,(H,23,24). The fourth-order valence-corrected chi connectivity index (χ4v) is 3.51. The van der Waals surface area contributed by atoms with Gasteiger partial charge in [-0.2, -0.15) is 0 Å². The Morgan fingerprint density at radius 2 is 1.96 bits per heavy atom. The number of ether oxygens (including phenoxy) is 2. The Kier molecular flexibility index (Phi) is 8.80. The number of carbonyl (C=O) groups is 1. The molecular formula is C21H26ClNO4S. The van der Waals surface area contributed by atoms with Gasteiger partial charge in [0.15, 0.2) is 11.5 Å². The van der Waals surface area contributed by atoms with E-state index in [-0.39, 0.29) is 5.91 Å². The average Bonchev–Trinajstić information content (AvgIpc) is 2.63. The number of carbonyl (C=O) groups excluding carboxylic acids is 1. The van der Waals surface area contributed by atoms with Crippen molar-refractivity contribution in [3.63, 3.8) is 0 Å². The molecule has 1 amide bonds. The molecule has 1 N–H and O–H groups in total. The maximum atomic E-state index is 12.7. The number of halogens is 1. The molecule has 0 radical (unpaired) electrons. The summed E-state index contributed by atoms with van der Waals surface area (Å²) in [7, 11) is -0.949. The smallest absolute Gasteiger partial charge is 0.255 e. The van der Waals surface area contributed by atoms with Crippen LogP contribution >= 0.6 is 11.6 Å². The lowest BCUT2D eigenvalue weighted by Gasteiger charge is -2.15. The third-order valence-electron chi connectivity index (χ3n) is 3.87. The van der Waals surface area contributed by atoms with Crippen LogP contribution in [0.25, 0.3) is 0 Å². The summed E-state index contributed by atoms with van der Waals surface area (Å²) in [6.07, 6.45) is 3.56. The van der Waals surface area contributed by atoms with Crippen LogP contribution in [0.1, 0.15) is 42.6 Å². The number of nitrogens with one attached hydrogen (secondary N) is 1. The second-order valence-corrected chi connectivity index (χ2v) is 8.13. The highest BCUT2D eigenvalue weighted by Crippen LogP contribution is 2.37. The SMILES string of the molecule is CCCCOc1c(Cl)cc(C(=O)Nc2cccc(CS(C)=O)c2)cc1OCC. The van der Waals surface area contributed by atoms with Crippen LogP contribution in [-0.2, 0) is 16.6 Å². The highest BCUT2D eigenvalue weighted by molar-refractivity contribution is 7.83. The number of anilines is 1. The predicted octanol–water partition coefficient (Wildman–Crippen LogP) is 5.05. The molecule has 0 bridgehead atoms. The van der Waals surface area contributed by atoms with E-state index in [9.17, 15) is 9.00 Å². The lowest BCUT2D eigenvalue weighted by atomic mass is 10.1. The van der Waals surface area contributed by atoms with Crippen LogP contribution in [0.3, 0.4) is 0 Å². The third kappa shape index (κ3) is 6.53. The summed E-state index contributed by atoms with van der Waals surface area (Å²) in [6, 6.07) is 10.5. The molecule has 0 saturated heterocycles. The molecule has 1 atom stereocenters. The Hall–Kier alpha value is -2.05. The van der Waals surface area contributed by atoms with Gasteiger partial charge in [-0.05, 0) is 43.2 Å². The maximum absolute atomic E-state index is 12.7. The normalized spacial score (nSPS) is 11.7. The molecule has 0 aliphatic heterocycles. The van der Waals surface area contributed by atoms with Crippen molar-refractivity contribution in [2.75, 3.05) is 24.8 Å². The number of hydrogen-bond acceptors (Lipinski definition) is 4. The van der Waals surface area contributed by atoms with Gasteiger partial charge >= 0.3 is 0 Å². The summed E-state index contributed by atoms with van der Waals surface area (Å²) < 4.78 is 22.8. The summed E-state index contributed by atoms with van der Waals surface area (Å²) in [5, 5.41) is 3.18. The Morgan fingerprint density at radius 3 is 2.64 bits per heavy atom. The fourth-order valence-electron chi connectivity index (χ4n) is 2.60. The Morgan fingerprint density at radius 1 is 1.18 bits per heavy atom. The van der Waals surface area contributed by atoms with Crippen molar-refractivity contribution in [1.82, 2.24) is 0 Å². The Bertz CT molecular complexity index is 841. The topological polar surface area (TPSA) is 64.6 Å². The van der Waals surface area contributed by atoms with Crippen LogP contribution in [0.5, 0.6) is 11.5 Å². The highest BCUT2D eigenvalue weighted by atomic mass is 35.5. The van der Waals surface area contributed by atoms with Gasteiger partial charge in [0.1, 0.15) is 0 Å². The minimum absolute atomic E-state index is 0.308. The van der Waals surface area contributed by atoms with E-state index in [0.29, 0.717) is 46.7 Å². The van der Waals surface area contributed by atoms with E-state index in [0.717, 1.165) is 18.4 Å². The van der Waals surface area contributed by atoms with Crippen LogP contribution in [0.4, 0.5) is 5.69 Å². The molecular weight excluding hydrogens is 398 g/mol. The predicted molar refractivity (Wildman–Crippen MR) is 115 cm³/mol. The van der Waals surface area contributed by atoms with Gasteiger partial charge < -0.3 is 14.8 Å². The molecule has 0 aliphatic rings. The first-order chi connectivity index (χ1) is 13.4. The maximum Gasteiger partial charge on any atom is 0.255 e. The highest BCUT2D eigenvalue weighted by Gasteiger charge is 2.17. The van der Waals surface area contributed by atoms with E-state index in [1.54, 1.807) is 24.5 Å². The van der Waals surface area contributed by atoms with Gasteiger partial charge in [-0.15, -0.1) is 0 Å². The zero-order valence-corrected chi connectivity index (χ0v) is 18.0. The van der Waals surface area contributed by atoms with Gasteiger partial charge in [0.05, 0.1) is 18.2 Å².